The van der Waals surface area contributed by atoms with E-state index in [0.29, 0.717) is 55.1 Å². The van der Waals surface area contributed by atoms with Crippen LogP contribution in [0.2, 0.25) is 0 Å². The number of guanidine groups is 1. The number of rotatable bonds is 9. The van der Waals surface area contributed by atoms with Crippen LogP contribution in [0.5, 0.6) is 5.75 Å². The number of Topliss-reactive ketones (excluding diaryl/α,β-unsaturated/α-hetero) is 2. The normalized spacial score (nSPS) is 44.4. The molecule has 2 aromatic rings. The number of allylic oxidation sites excluding steroid dienone is 3. The Balaban J connectivity index is 1.08. The van der Waals surface area contributed by atoms with Crippen LogP contribution in [-0.2, 0) is 19.1 Å². The first-order valence-corrected chi connectivity index (χ1v) is 35.1. The van der Waals surface area contributed by atoms with Crippen LogP contribution in [-0.4, -0.2) is 148 Å². The van der Waals surface area contributed by atoms with Gasteiger partial charge in [0.1, 0.15) is 5.75 Å². The number of esters is 1. The Bertz CT molecular complexity index is 3090. The van der Waals surface area contributed by atoms with Crippen molar-refractivity contribution >= 4 is 45.1 Å². The Morgan fingerprint density at radius 3 is 2.39 bits per heavy atom. The Hall–Kier alpha value is -4.40. The number of fused-ring (bicyclic) bond motifs is 10. The quantitative estimate of drug-likeness (QED) is 0.0284. The number of aromatic hydroxyl groups is 1. The molecule has 1 spiro atoms. The van der Waals surface area contributed by atoms with Crippen LogP contribution in [0.15, 0.2) is 70.6 Å². The van der Waals surface area contributed by atoms with Crippen molar-refractivity contribution < 1.29 is 65.1 Å². The number of H-pyrrole nitrogens is 1. The van der Waals surface area contributed by atoms with E-state index in [1.54, 1.807) is 37.4 Å². The number of carbonyl (C=O) groups is 3. The lowest BCUT2D eigenvalue weighted by Crippen LogP contribution is -2.71. The molecule has 2 aliphatic heterocycles. The van der Waals surface area contributed by atoms with Gasteiger partial charge in [-0.3, -0.25) is 19.4 Å². The number of aliphatic hydroxyl groups is 8. The molecule has 18 nitrogen and oxygen atoms in total. The second-order valence-electron chi connectivity index (χ2n) is 29.1. The zero-order valence-electron chi connectivity index (χ0n) is 51.0. The summed E-state index contributed by atoms with van der Waals surface area (Å²) in [5, 5.41) is 116. The van der Waals surface area contributed by atoms with E-state index >= 15 is 9.90 Å². The zero-order chi connectivity index (χ0) is 62.4. The summed E-state index contributed by atoms with van der Waals surface area (Å²) in [5.74, 6) is -1.29. The first kappa shape index (κ1) is 63.7. The summed E-state index contributed by atoms with van der Waals surface area (Å²) < 4.78 is 6.00. The molecule has 2 saturated heterocycles. The van der Waals surface area contributed by atoms with Gasteiger partial charge in [-0.25, -0.2) is 0 Å². The van der Waals surface area contributed by atoms with Crippen LogP contribution in [0.25, 0.3) is 0 Å². The van der Waals surface area contributed by atoms with Gasteiger partial charge in [-0.2, -0.15) is 0 Å². The third-order valence-electron chi connectivity index (χ3n) is 24.5. The van der Waals surface area contributed by atoms with E-state index in [2.05, 4.69) is 40.1 Å². The molecule has 480 valence electrons. The molecule has 8 aliphatic carbocycles. The summed E-state index contributed by atoms with van der Waals surface area (Å²) in [5.41, 5.74) is 9.13. The summed E-state index contributed by atoms with van der Waals surface area (Å²) in [6.07, 6.45) is 5.18. The minimum atomic E-state index is -2.14. The predicted molar refractivity (Wildman–Crippen MR) is 334 cm³/mol. The molecule has 20 heteroatoms. The van der Waals surface area contributed by atoms with E-state index in [1.165, 1.54) is 27.2 Å². The van der Waals surface area contributed by atoms with Gasteiger partial charge < -0.3 is 72.5 Å². The van der Waals surface area contributed by atoms with E-state index in [0.717, 1.165) is 30.4 Å². The van der Waals surface area contributed by atoms with Gasteiger partial charge >= 0.3 is 5.97 Å². The van der Waals surface area contributed by atoms with Crippen molar-refractivity contribution in [1.29, 1.82) is 0 Å². The largest absolute Gasteiger partial charge is 0.508 e. The summed E-state index contributed by atoms with van der Waals surface area (Å²) >= 11 is 0. The SMILES string of the molecule is C[C@H]1CCC2=CC[C@@H]3[C@H](C[C@@H]([C@H]4COC(=O)[C@@H]4c4cc[nH]c4)C#C[C@@H](CCCO)[C@@H]4C[C@@]5(O)C6=C7NCC(=O)C[C@H](c8ccc(O)cc8)CSSC[C@@H]8[C@@H](O)[C@@H](O)C[C@](C)([C@H]6[C@H]6CC[C@@H](CN=C(N)N)[C@@]5(C6)[C@H]4[C@@](C)(O)[C@H](O)C[C@H]3C(O)O)[C@@H]8C7=O)[C@@H]2C1. The van der Waals surface area contributed by atoms with Crippen molar-refractivity contribution in [3.63, 3.8) is 0 Å². The molecule has 0 radical (unpaired) electrons. The number of aromatic nitrogens is 1. The van der Waals surface area contributed by atoms with E-state index < -0.39 is 118 Å². The number of ketones is 2. The summed E-state index contributed by atoms with van der Waals surface area (Å²) in [6.45, 7) is 5.48. The number of aromatic amines is 1. The number of hydrogen-bond donors (Lipinski definition) is 13. The number of nitrogens with two attached hydrogens (primary N) is 2. The van der Waals surface area contributed by atoms with Crippen LogP contribution < -0.4 is 16.8 Å². The lowest BCUT2D eigenvalue weighted by Gasteiger charge is -2.68. The first-order chi connectivity index (χ1) is 42.0. The standard InChI is InChI=1S/C68H93N5O13S2/c1-34-6-7-37-13-17-45-47(46(37)21-34)23-38(50-31-86-63(83)54(50)40-18-19-71-28-40)9-8-36(5-4-20-74)49-26-68(85)57-55(39-10-14-42(29-73-64(69)70)67(68,25-39)61(49)66(3,84)53(78)24-48(45)62(81)82)65(2)27-52(77)59(79)51-33-88-87-32-41(35-11-15-43(75)16-12-35)22-44(76)30-72-58(57)60(80)56(51)65/h11-13,15-16,18-19,28,34,36,38-39,41-42,45-56,59,61-62,71-72,74-75,77-79,81-82,84-85H,4-7,10,14,17,20-27,29-33H2,1-3H3,(H4,69,70,73)/t34-,36+,38-,39-,41-,42-,45+,46+,47-,48+,49-,50+,51-,52-,53+,54+,55-,56-,59+,61+,65+,66-,67-,68+/m0/s1. The second-order valence-corrected chi connectivity index (χ2v) is 31.7. The molecule has 12 rings (SSSR count). The Morgan fingerprint density at radius 2 is 1.66 bits per heavy atom. The van der Waals surface area contributed by atoms with Gasteiger partial charge in [-0.1, -0.05) is 71.1 Å². The Kier molecular flexibility index (Phi) is 18.0. The fourth-order valence-electron chi connectivity index (χ4n) is 20.9. The maximum Gasteiger partial charge on any atom is 0.313 e. The summed E-state index contributed by atoms with van der Waals surface area (Å²) in [6, 6.07) is 8.66. The highest BCUT2D eigenvalue weighted by molar-refractivity contribution is 8.76. The highest BCUT2D eigenvalue weighted by atomic mass is 33.1. The number of carbonyl (C=O) groups excluding carboxylic acids is 3. The third-order valence-corrected chi connectivity index (χ3v) is 27.1. The van der Waals surface area contributed by atoms with Crippen molar-refractivity contribution in [1.82, 2.24) is 10.3 Å². The fraction of sp³-hybridized carbons (Fsp3) is 0.706. The molecule has 88 heavy (non-hydrogen) atoms. The number of ether oxygens (including phenoxy) is 1. The fourth-order valence-corrected chi connectivity index (χ4v) is 23.6. The number of aliphatic hydroxyl groups excluding tert-OH is 5. The van der Waals surface area contributed by atoms with Crippen LogP contribution in [0, 0.1) is 111 Å². The highest BCUT2D eigenvalue weighted by Gasteiger charge is 2.79. The molecule has 10 aliphatic rings. The lowest BCUT2D eigenvalue weighted by molar-refractivity contribution is -0.233. The second kappa shape index (κ2) is 24.9. The number of phenols is 1. The molecule has 1 aromatic heterocycles. The molecule has 0 unspecified atom stereocenters. The van der Waals surface area contributed by atoms with Gasteiger partial charge in [0.2, 0.25) is 0 Å². The average Bonchev–Trinajstić information content (AvgIpc) is 1.34. The van der Waals surface area contributed by atoms with E-state index in [9.17, 15) is 50.4 Å². The zero-order valence-corrected chi connectivity index (χ0v) is 52.6. The number of hydrogen-bond acceptors (Lipinski definition) is 17. The topological polar surface area (TPSA) is 335 Å². The van der Waals surface area contributed by atoms with Crippen LogP contribution in [0.1, 0.15) is 134 Å². The minimum absolute atomic E-state index is 0.00182. The molecule has 0 amide bonds. The molecule has 7 fully saturated rings. The van der Waals surface area contributed by atoms with Crippen LogP contribution in [0.3, 0.4) is 0 Å². The number of phenolic OH excluding ortho intramolecular Hbond substituents is 1. The molecule has 1 aromatic carbocycles. The van der Waals surface area contributed by atoms with Gasteiger partial charge in [-0.15, -0.1) is 0 Å². The van der Waals surface area contributed by atoms with Crippen molar-refractivity contribution in [2.45, 2.75) is 158 Å². The highest BCUT2D eigenvalue weighted by Crippen LogP contribution is 2.78. The van der Waals surface area contributed by atoms with E-state index in [4.69, 9.17) is 16.2 Å². The molecule has 5 saturated carbocycles. The molecular weight excluding hydrogens is 1160 g/mol. The lowest BCUT2D eigenvalue weighted by atomic mass is 9.37. The van der Waals surface area contributed by atoms with Crippen molar-refractivity contribution in [2.75, 3.05) is 37.8 Å². The number of aliphatic imine (C=N–C) groups is 1. The van der Waals surface area contributed by atoms with Crippen molar-refractivity contribution in [3.05, 3.63) is 76.8 Å². The van der Waals surface area contributed by atoms with Gasteiger partial charge in [0.25, 0.3) is 0 Å². The summed E-state index contributed by atoms with van der Waals surface area (Å²) in [4.78, 5) is 53.0. The van der Waals surface area contributed by atoms with Gasteiger partial charge in [-0.05, 0) is 178 Å². The van der Waals surface area contributed by atoms with Crippen molar-refractivity contribution in [3.8, 4) is 17.6 Å². The third kappa shape index (κ3) is 10.9. The monoisotopic (exact) mass is 1250 g/mol. The van der Waals surface area contributed by atoms with Gasteiger partial charge in [0.05, 0.1) is 54.3 Å². The van der Waals surface area contributed by atoms with Crippen molar-refractivity contribution in [2.24, 2.45) is 116 Å². The first-order valence-electron chi connectivity index (χ1n) is 32.6. The molecule has 3 heterocycles. The van der Waals surface area contributed by atoms with E-state index in [1.807, 2.05) is 19.2 Å². The van der Waals surface area contributed by atoms with Crippen LogP contribution >= 0.6 is 21.6 Å². The van der Waals surface area contributed by atoms with Gasteiger partial charge in [0.15, 0.2) is 23.8 Å². The number of benzene rings is 1. The summed E-state index contributed by atoms with van der Waals surface area (Å²) in [7, 11) is 3.03. The number of cyclic esters (lactones) is 1. The number of nitrogens with zero attached hydrogens (tertiary/aromatic N) is 1. The Labute approximate surface area is 524 Å². The smallest absolute Gasteiger partial charge is 0.313 e. The Morgan fingerprint density at radius 1 is 0.886 bits per heavy atom. The maximum atomic E-state index is 16.4. The minimum Gasteiger partial charge on any atom is -0.508 e. The molecular formula is C68H93N5O13S2. The average molecular weight is 1250 g/mol. The maximum absolute atomic E-state index is 16.4. The molecule has 24 atom stereocenters. The molecule has 15 N–H and O–H groups in total. The van der Waals surface area contributed by atoms with Gasteiger partial charge in [0, 0.05) is 96.2 Å². The van der Waals surface area contributed by atoms with E-state index in [-0.39, 0.29) is 123 Å². The van der Waals surface area contributed by atoms with Crippen LogP contribution in [0.4, 0.5) is 0 Å². The predicted octanol–water partition coefficient (Wildman–Crippen LogP) is 5.42. The molecule has 4 bridgehead atoms. The number of nitrogens with one attached hydrogen (secondary N) is 2.